The van der Waals surface area contributed by atoms with Gasteiger partial charge in [-0.15, -0.1) is 0 Å². The van der Waals surface area contributed by atoms with E-state index in [1.807, 2.05) is 60.7 Å². The summed E-state index contributed by atoms with van der Waals surface area (Å²) in [6.45, 7) is 0. The molecule has 3 rings (SSSR count). The van der Waals surface area contributed by atoms with Crippen molar-refractivity contribution in [1.82, 2.24) is 0 Å². The Hall–Kier alpha value is -1.45. The van der Waals surface area contributed by atoms with Crippen LogP contribution in [0.25, 0.3) is 0 Å². The van der Waals surface area contributed by atoms with Crippen LogP contribution in [-0.4, -0.2) is 4.21 Å². The van der Waals surface area contributed by atoms with Crippen LogP contribution in [0.3, 0.4) is 0 Å². The molecule has 1 aliphatic rings. The molecule has 0 radical (unpaired) electrons. The molecule has 0 N–H and O–H groups in total. The Morgan fingerprint density at radius 2 is 1.44 bits per heavy atom. The lowest BCUT2D eigenvalue weighted by atomic mass is 10.0. The molecule has 3 unspecified atom stereocenters. The lowest BCUT2D eigenvalue weighted by molar-refractivity contribution is 0.254. The standard InChI is InChI=1S/C15H14O2S/c16-18-15(13-9-5-2-6-10-13)11-14(17-18)12-7-3-1-4-8-12/h1-10,14-15H,11H2. The van der Waals surface area contributed by atoms with Crippen LogP contribution in [0.4, 0.5) is 0 Å². The highest BCUT2D eigenvalue weighted by Crippen LogP contribution is 2.41. The van der Waals surface area contributed by atoms with Gasteiger partial charge in [0.15, 0.2) is 11.1 Å². The van der Waals surface area contributed by atoms with E-state index in [-0.39, 0.29) is 11.4 Å². The predicted molar refractivity (Wildman–Crippen MR) is 72.2 cm³/mol. The van der Waals surface area contributed by atoms with Gasteiger partial charge in [0.2, 0.25) is 0 Å². The number of hydrogen-bond donors (Lipinski definition) is 0. The quantitative estimate of drug-likeness (QED) is 0.823. The highest BCUT2D eigenvalue weighted by molar-refractivity contribution is 7.80. The summed E-state index contributed by atoms with van der Waals surface area (Å²) < 4.78 is 17.6. The molecule has 3 heteroatoms. The Morgan fingerprint density at radius 3 is 2.06 bits per heavy atom. The van der Waals surface area contributed by atoms with E-state index in [2.05, 4.69) is 0 Å². The van der Waals surface area contributed by atoms with Crippen LogP contribution in [0.5, 0.6) is 0 Å². The van der Waals surface area contributed by atoms with Gasteiger partial charge in [-0.3, -0.25) is 4.18 Å². The fraction of sp³-hybridized carbons (Fsp3) is 0.200. The van der Waals surface area contributed by atoms with Crippen LogP contribution in [-0.2, 0) is 15.3 Å². The zero-order valence-electron chi connectivity index (χ0n) is 9.86. The minimum atomic E-state index is -1.24. The van der Waals surface area contributed by atoms with E-state index >= 15 is 0 Å². The first-order chi connectivity index (χ1) is 8.84. The normalized spacial score (nSPS) is 27.2. The first kappa shape index (κ1) is 11.6. The van der Waals surface area contributed by atoms with Crippen LogP contribution >= 0.6 is 0 Å². The van der Waals surface area contributed by atoms with Gasteiger partial charge in [0.1, 0.15) is 6.10 Å². The maximum Gasteiger partial charge on any atom is 0.163 e. The predicted octanol–water partition coefficient (Wildman–Crippen LogP) is 3.55. The third-order valence-corrected chi connectivity index (χ3v) is 4.57. The second-order valence-corrected chi connectivity index (χ2v) is 5.67. The second kappa shape index (κ2) is 5.04. The van der Waals surface area contributed by atoms with Crippen molar-refractivity contribution >= 4 is 11.1 Å². The highest BCUT2D eigenvalue weighted by Gasteiger charge is 2.34. The van der Waals surface area contributed by atoms with Gasteiger partial charge in [-0.05, 0) is 17.5 Å². The molecule has 2 aromatic rings. The Balaban J connectivity index is 1.83. The summed E-state index contributed by atoms with van der Waals surface area (Å²) in [7, 11) is 0. The van der Waals surface area contributed by atoms with E-state index < -0.39 is 11.1 Å². The van der Waals surface area contributed by atoms with Gasteiger partial charge in [0.05, 0.1) is 5.25 Å². The molecule has 0 aliphatic carbocycles. The molecule has 18 heavy (non-hydrogen) atoms. The van der Waals surface area contributed by atoms with E-state index in [4.69, 9.17) is 4.18 Å². The van der Waals surface area contributed by atoms with Gasteiger partial charge < -0.3 is 0 Å². The third-order valence-electron chi connectivity index (χ3n) is 3.21. The summed E-state index contributed by atoms with van der Waals surface area (Å²) >= 11 is -1.24. The average molecular weight is 258 g/mol. The molecule has 1 aliphatic heterocycles. The van der Waals surface area contributed by atoms with Crippen LogP contribution in [0.1, 0.15) is 28.9 Å². The summed E-state index contributed by atoms with van der Waals surface area (Å²) in [6, 6.07) is 19.9. The van der Waals surface area contributed by atoms with Crippen LogP contribution in [0, 0.1) is 0 Å². The maximum atomic E-state index is 12.0. The Bertz CT molecular complexity index is 539. The van der Waals surface area contributed by atoms with Gasteiger partial charge in [0.25, 0.3) is 0 Å². The van der Waals surface area contributed by atoms with Gasteiger partial charge in [-0.1, -0.05) is 60.7 Å². The van der Waals surface area contributed by atoms with Crippen molar-refractivity contribution in [1.29, 1.82) is 0 Å². The molecule has 92 valence electrons. The Kier molecular flexibility index (Phi) is 3.26. The molecule has 3 atom stereocenters. The third kappa shape index (κ3) is 2.24. The highest BCUT2D eigenvalue weighted by atomic mass is 32.2. The largest absolute Gasteiger partial charge is 0.282 e. The summed E-state index contributed by atoms with van der Waals surface area (Å²) in [6.07, 6.45) is 0.720. The molecule has 1 fully saturated rings. The topological polar surface area (TPSA) is 26.3 Å². The fourth-order valence-electron chi connectivity index (χ4n) is 2.27. The molecule has 2 nitrogen and oxygen atoms in total. The van der Waals surface area contributed by atoms with Crippen molar-refractivity contribution in [2.75, 3.05) is 0 Å². The first-order valence-corrected chi connectivity index (χ1v) is 7.16. The summed E-state index contributed by atoms with van der Waals surface area (Å²) in [5.41, 5.74) is 2.19. The molecule has 0 saturated carbocycles. The molecule has 0 aromatic heterocycles. The SMILES string of the molecule is O=S1OC(c2ccccc2)CC1c1ccccc1. The number of benzene rings is 2. The minimum Gasteiger partial charge on any atom is -0.282 e. The molecule has 2 aromatic carbocycles. The Labute approximate surface area is 109 Å². The lowest BCUT2D eigenvalue weighted by Crippen LogP contribution is -1.98. The number of hydrogen-bond acceptors (Lipinski definition) is 2. The van der Waals surface area contributed by atoms with E-state index in [1.54, 1.807) is 0 Å². The van der Waals surface area contributed by atoms with Crippen LogP contribution in [0.15, 0.2) is 60.7 Å². The molecular weight excluding hydrogens is 244 g/mol. The van der Waals surface area contributed by atoms with Gasteiger partial charge >= 0.3 is 0 Å². The molecular formula is C15H14O2S. The summed E-state index contributed by atoms with van der Waals surface area (Å²) in [5.74, 6) is 0. The van der Waals surface area contributed by atoms with Crippen molar-refractivity contribution < 1.29 is 8.39 Å². The van der Waals surface area contributed by atoms with Gasteiger partial charge in [-0.2, -0.15) is 0 Å². The molecule has 1 saturated heterocycles. The molecule has 1 heterocycles. The number of rotatable bonds is 2. The van der Waals surface area contributed by atoms with Crippen molar-refractivity contribution in [2.24, 2.45) is 0 Å². The summed E-state index contributed by atoms with van der Waals surface area (Å²) in [4.78, 5) is 0. The first-order valence-electron chi connectivity index (χ1n) is 6.02. The van der Waals surface area contributed by atoms with E-state index in [9.17, 15) is 4.21 Å². The van der Waals surface area contributed by atoms with E-state index in [0.29, 0.717) is 0 Å². The molecule has 0 amide bonds. The lowest BCUT2D eigenvalue weighted by Gasteiger charge is -2.07. The van der Waals surface area contributed by atoms with Gasteiger partial charge in [-0.25, -0.2) is 4.21 Å². The smallest absolute Gasteiger partial charge is 0.163 e. The maximum absolute atomic E-state index is 12.0. The fourth-order valence-corrected chi connectivity index (χ4v) is 3.53. The van der Waals surface area contributed by atoms with Crippen molar-refractivity contribution in [2.45, 2.75) is 17.8 Å². The van der Waals surface area contributed by atoms with Crippen LogP contribution in [0.2, 0.25) is 0 Å². The molecule has 0 bridgehead atoms. The monoisotopic (exact) mass is 258 g/mol. The van der Waals surface area contributed by atoms with Crippen molar-refractivity contribution in [3.63, 3.8) is 0 Å². The molecule has 0 spiro atoms. The minimum absolute atomic E-state index is 0.0172. The van der Waals surface area contributed by atoms with E-state index in [1.165, 1.54) is 0 Å². The average Bonchev–Trinajstić information content (AvgIpc) is 2.83. The van der Waals surface area contributed by atoms with Crippen LogP contribution < -0.4 is 0 Å². The van der Waals surface area contributed by atoms with Gasteiger partial charge in [0, 0.05) is 0 Å². The van der Waals surface area contributed by atoms with E-state index in [0.717, 1.165) is 17.5 Å². The zero-order valence-corrected chi connectivity index (χ0v) is 10.7. The summed E-state index contributed by atoms with van der Waals surface area (Å²) in [5, 5.41) is -0.0172. The second-order valence-electron chi connectivity index (χ2n) is 4.39. The van der Waals surface area contributed by atoms with Crippen molar-refractivity contribution in [3.05, 3.63) is 71.8 Å². The zero-order chi connectivity index (χ0) is 12.4. The van der Waals surface area contributed by atoms with Crippen molar-refractivity contribution in [3.8, 4) is 0 Å². The Morgan fingerprint density at radius 1 is 0.889 bits per heavy atom.